The molecule has 0 aliphatic carbocycles. The van der Waals surface area contributed by atoms with Crippen molar-refractivity contribution in [2.45, 2.75) is 0 Å². The number of hydrogen-bond donors (Lipinski definition) is 1. The molecule has 134 valence electrons. The van der Waals surface area contributed by atoms with Crippen molar-refractivity contribution < 1.29 is 4.79 Å². The monoisotopic (exact) mass is 369 g/mol. The van der Waals surface area contributed by atoms with Crippen LogP contribution in [-0.4, -0.2) is 54.8 Å². The zero-order valence-electron chi connectivity index (χ0n) is 14.4. The van der Waals surface area contributed by atoms with E-state index >= 15 is 0 Å². The lowest BCUT2D eigenvalue weighted by atomic mass is 10.4. The number of nitrogens with zero attached hydrogens (tertiary/aromatic N) is 6. The van der Waals surface area contributed by atoms with Gasteiger partial charge in [0.2, 0.25) is 0 Å². The molecule has 9 heteroatoms. The van der Waals surface area contributed by atoms with E-state index in [0.717, 1.165) is 30.3 Å². The number of nitrogens with one attached hydrogen (secondary N) is 1. The summed E-state index contributed by atoms with van der Waals surface area (Å²) in [6.45, 7) is 2.04. The van der Waals surface area contributed by atoms with Gasteiger partial charge in [-0.1, -0.05) is 0 Å². The van der Waals surface area contributed by atoms with Crippen LogP contribution >= 0.6 is 11.8 Å². The van der Waals surface area contributed by atoms with Crippen LogP contribution < -0.4 is 10.2 Å². The van der Waals surface area contributed by atoms with E-state index in [0.29, 0.717) is 17.3 Å². The molecular formula is C17H19N7OS. The van der Waals surface area contributed by atoms with Gasteiger partial charge in [-0.3, -0.25) is 4.79 Å². The largest absolute Gasteiger partial charge is 0.367 e. The lowest BCUT2D eigenvalue weighted by molar-refractivity contribution is 0.101. The fourth-order valence-corrected chi connectivity index (χ4v) is 3.71. The molecule has 1 aliphatic rings. The summed E-state index contributed by atoms with van der Waals surface area (Å²) in [5.74, 6) is 2.55. The fourth-order valence-electron chi connectivity index (χ4n) is 2.81. The quantitative estimate of drug-likeness (QED) is 0.755. The van der Waals surface area contributed by atoms with Crippen LogP contribution in [0.25, 0.3) is 5.95 Å². The number of amides is 1. The van der Waals surface area contributed by atoms with Gasteiger partial charge in [-0.2, -0.15) is 16.9 Å². The molecule has 4 rings (SSSR count). The fraction of sp³-hybridized carbons (Fsp3) is 0.294. The van der Waals surface area contributed by atoms with E-state index in [-0.39, 0.29) is 5.91 Å². The predicted molar refractivity (Wildman–Crippen MR) is 102 cm³/mol. The summed E-state index contributed by atoms with van der Waals surface area (Å²) < 4.78 is 3.32. The lowest BCUT2D eigenvalue weighted by Gasteiger charge is -2.27. The highest BCUT2D eigenvalue weighted by atomic mass is 32.2. The van der Waals surface area contributed by atoms with Gasteiger partial charge in [-0.15, -0.1) is 0 Å². The third-order valence-corrected chi connectivity index (χ3v) is 5.17. The van der Waals surface area contributed by atoms with Gasteiger partial charge < -0.3 is 14.8 Å². The van der Waals surface area contributed by atoms with E-state index < -0.39 is 0 Å². The summed E-state index contributed by atoms with van der Waals surface area (Å²) in [5, 5.41) is 7.07. The van der Waals surface area contributed by atoms with Crippen LogP contribution in [0.5, 0.6) is 0 Å². The van der Waals surface area contributed by atoms with Gasteiger partial charge in [0.1, 0.15) is 5.69 Å². The highest BCUT2D eigenvalue weighted by molar-refractivity contribution is 7.99. The molecule has 0 aromatic carbocycles. The number of carbonyl (C=O) groups excluding carboxylic acids is 1. The molecule has 3 aromatic rings. The molecule has 4 heterocycles. The first-order valence-corrected chi connectivity index (χ1v) is 9.48. The van der Waals surface area contributed by atoms with Crippen molar-refractivity contribution in [3.05, 3.63) is 48.8 Å². The third-order valence-electron chi connectivity index (χ3n) is 4.22. The van der Waals surface area contributed by atoms with Crippen LogP contribution in [0.1, 0.15) is 10.5 Å². The average molecular weight is 369 g/mol. The minimum atomic E-state index is -0.184. The first kappa shape index (κ1) is 16.6. The standard InChI is InChI=1S/C17H19N7OS/c1-22-4-2-3-15(22)16(25)21-13-9-20-24(12-13)17-18-10-14(11-19-17)23-5-7-26-8-6-23/h2-4,9-12H,5-8H2,1H3,(H,21,25). The Morgan fingerprint density at radius 2 is 1.96 bits per heavy atom. The van der Waals surface area contributed by atoms with Crippen LogP contribution in [0, 0.1) is 0 Å². The first-order chi connectivity index (χ1) is 12.7. The van der Waals surface area contributed by atoms with Gasteiger partial charge in [0, 0.05) is 37.8 Å². The van der Waals surface area contributed by atoms with Crippen LogP contribution in [0.4, 0.5) is 11.4 Å². The molecule has 0 unspecified atom stereocenters. The molecular weight excluding hydrogens is 350 g/mol. The van der Waals surface area contributed by atoms with E-state index in [1.54, 1.807) is 27.7 Å². The van der Waals surface area contributed by atoms with Crippen LogP contribution in [0.15, 0.2) is 43.1 Å². The number of carbonyl (C=O) groups is 1. The number of aryl methyl sites for hydroxylation is 1. The average Bonchev–Trinajstić information content (AvgIpc) is 3.31. The van der Waals surface area contributed by atoms with Gasteiger partial charge in [-0.25, -0.2) is 14.6 Å². The second-order valence-electron chi connectivity index (χ2n) is 5.97. The summed E-state index contributed by atoms with van der Waals surface area (Å²) >= 11 is 1.97. The van der Waals surface area contributed by atoms with Crippen LogP contribution in [0.2, 0.25) is 0 Å². The maximum atomic E-state index is 12.3. The van der Waals surface area contributed by atoms with Crippen molar-refractivity contribution in [3.8, 4) is 5.95 Å². The van der Waals surface area contributed by atoms with Crippen molar-refractivity contribution in [3.63, 3.8) is 0 Å². The topological polar surface area (TPSA) is 80.9 Å². The molecule has 1 aliphatic heterocycles. The van der Waals surface area contributed by atoms with Crippen molar-refractivity contribution >= 4 is 29.0 Å². The second kappa shape index (κ2) is 7.20. The van der Waals surface area contributed by atoms with E-state index in [4.69, 9.17) is 0 Å². The van der Waals surface area contributed by atoms with E-state index in [1.807, 2.05) is 43.5 Å². The number of aromatic nitrogens is 5. The normalized spacial score (nSPS) is 14.4. The Labute approximate surface area is 155 Å². The number of rotatable bonds is 4. The molecule has 3 aromatic heterocycles. The molecule has 0 radical (unpaired) electrons. The molecule has 26 heavy (non-hydrogen) atoms. The zero-order chi connectivity index (χ0) is 17.9. The van der Waals surface area contributed by atoms with Gasteiger partial charge in [-0.05, 0) is 12.1 Å². The van der Waals surface area contributed by atoms with Crippen molar-refractivity contribution in [2.24, 2.45) is 7.05 Å². The maximum absolute atomic E-state index is 12.3. The number of anilines is 2. The van der Waals surface area contributed by atoms with Gasteiger partial charge in [0.05, 0.1) is 36.2 Å². The van der Waals surface area contributed by atoms with Crippen molar-refractivity contribution in [1.29, 1.82) is 0 Å². The minimum absolute atomic E-state index is 0.184. The molecule has 1 fully saturated rings. The summed E-state index contributed by atoms with van der Waals surface area (Å²) in [6.07, 6.45) is 8.76. The predicted octanol–water partition coefficient (Wildman–Crippen LogP) is 1.81. The Morgan fingerprint density at radius 1 is 1.19 bits per heavy atom. The van der Waals surface area contributed by atoms with E-state index in [1.165, 1.54) is 0 Å². The molecule has 0 bridgehead atoms. The van der Waals surface area contributed by atoms with E-state index in [9.17, 15) is 4.79 Å². The van der Waals surface area contributed by atoms with Crippen LogP contribution in [0.3, 0.4) is 0 Å². The number of thioether (sulfide) groups is 1. The Hall–Kier alpha value is -2.81. The molecule has 1 N–H and O–H groups in total. The van der Waals surface area contributed by atoms with Crippen molar-refractivity contribution in [2.75, 3.05) is 34.8 Å². The summed E-state index contributed by atoms with van der Waals surface area (Å²) in [5.41, 5.74) is 2.20. The van der Waals surface area contributed by atoms with Crippen molar-refractivity contribution in [1.82, 2.24) is 24.3 Å². The van der Waals surface area contributed by atoms with Gasteiger partial charge >= 0.3 is 0 Å². The highest BCUT2D eigenvalue weighted by Gasteiger charge is 2.14. The highest BCUT2D eigenvalue weighted by Crippen LogP contribution is 2.18. The second-order valence-corrected chi connectivity index (χ2v) is 7.20. The Kier molecular flexibility index (Phi) is 4.61. The summed E-state index contributed by atoms with van der Waals surface area (Å²) in [6, 6.07) is 3.59. The molecule has 0 atom stereocenters. The van der Waals surface area contributed by atoms with Crippen LogP contribution in [-0.2, 0) is 7.05 Å². The van der Waals surface area contributed by atoms with Gasteiger partial charge in [0.15, 0.2) is 0 Å². The minimum Gasteiger partial charge on any atom is -0.367 e. The Bertz CT molecular complexity index is 896. The molecule has 1 amide bonds. The smallest absolute Gasteiger partial charge is 0.272 e. The first-order valence-electron chi connectivity index (χ1n) is 8.33. The zero-order valence-corrected chi connectivity index (χ0v) is 15.2. The van der Waals surface area contributed by atoms with Gasteiger partial charge in [0.25, 0.3) is 11.9 Å². The molecule has 8 nitrogen and oxygen atoms in total. The molecule has 1 saturated heterocycles. The third kappa shape index (κ3) is 3.43. The Balaban J connectivity index is 1.45. The Morgan fingerprint density at radius 3 is 2.65 bits per heavy atom. The lowest BCUT2D eigenvalue weighted by Crippen LogP contribution is -2.32. The summed E-state index contributed by atoms with van der Waals surface area (Å²) in [4.78, 5) is 23.4. The number of hydrogen-bond acceptors (Lipinski definition) is 6. The van der Waals surface area contributed by atoms with E-state index in [2.05, 4.69) is 25.3 Å². The molecule has 0 spiro atoms. The SMILES string of the molecule is Cn1cccc1C(=O)Nc1cnn(-c2ncc(N3CCSCC3)cn2)c1. The summed E-state index contributed by atoms with van der Waals surface area (Å²) in [7, 11) is 1.83. The molecule has 0 saturated carbocycles. The maximum Gasteiger partial charge on any atom is 0.272 e.